The van der Waals surface area contributed by atoms with Crippen molar-refractivity contribution in [2.24, 2.45) is 5.92 Å². The summed E-state index contributed by atoms with van der Waals surface area (Å²) in [6.45, 7) is 4.86. The minimum absolute atomic E-state index is 0.129. The van der Waals surface area contributed by atoms with E-state index in [4.69, 9.17) is 4.74 Å². The molecule has 0 aromatic heterocycles. The van der Waals surface area contributed by atoms with Gasteiger partial charge in [0.2, 0.25) is 15.9 Å². The van der Waals surface area contributed by atoms with Crippen LogP contribution in [0.3, 0.4) is 0 Å². The molecule has 1 atom stereocenters. The van der Waals surface area contributed by atoms with Gasteiger partial charge in [0.1, 0.15) is 0 Å². The molecule has 0 N–H and O–H groups in total. The van der Waals surface area contributed by atoms with Crippen molar-refractivity contribution in [3.63, 3.8) is 0 Å². The fraction of sp³-hybridized carbons (Fsp3) is 0.933. The lowest BCUT2D eigenvalue weighted by molar-refractivity contribution is -0.133. The van der Waals surface area contributed by atoms with E-state index in [0.29, 0.717) is 44.7 Å². The van der Waals surface area contributed by atoms with Gasteiger partial charge in [0, 0.05) is 45.4 Å². The summed E-state index contributed by atoms with van der Waals surface area (Å²) in [6, 6.07) is 0.553. The first-order valence-electron chi connectivity index (χ1n) is 8.48. The molecule has 0 spiro atoms. The molecule has 1 amide bonds. The summed E-state index contributed by atoms with van der Waals surface area (Å²) in [5.74, 6) is 0.675. The highest BCUT2D eigenvalue weighted by molar-refractivity contribution is 7.88. The van der Waals surface area contributed by atoms with Crippen molar-refractivity contribution in [1.82, 2.24) is 14.1 Å². The summed E-state index contributed by atoms with van der Waals surface area (Å²) in [4.78, 5) is 16.7. The molecule has 2 aliphatic heterocycles. The van der Waals surface area contributed by atoms with E-state index in [1.165, 1.54) is 23.4 Å². The number of carbonyl (C=O) groups is 1. The van der Waals surface area contributed by atoms with Crippen LogP contribution in [-0.2, 0) is 19.6 Å². The maximum atomic E-state index is 12.6. The van der Waals surface area contributed by atoms with Crippen molar-refractivity contribution in [3.8, 4) is 0 Å². The van der Waals surface area contributed by atoms with E-state index in [2.05, 4.69) is 4.90 Å². The van der Waals surface area contributed by atoms with Gasteiger partial charge in [-0.2, -0.15) is 4.31 Å². The van der Waals surface area contributed by atoms with Crippen LogP contribution < -0.4 is 0 Å². The molecule has 0 bridgehead atoms. The van der Waals surface area contributed by atoms with E-state index in [1.807, 2.05) is 4.90 Å². The summed E-state index contributed by atoms with van der Waals surface area (Å²) >= 11 is 0. The standard InChI is InChI=1S/C15H27N3O4S/c1-23(20,21)18-7-5-16(6-8-18)15(19)11-17(14-2-3-14)10-13-4-9-22-12-13/h13-14H,2-12H2,1H3/t13-/m1/s1. The molecule has 8 heteroatoms. The van der Waals surface area contributed by atoms with Gasteiger partial charge < -0.3 is 9.64 Å². The average Bonchev–Trinajstić information content (AvgIpc) is 3.24. The molecule has 23 heavy (non-hydrogen) atoms. The van der Waals surface area contributed by atoms with Crippen molar-refractivity contribution in [1.29, 1.82) is 0 Å². The number of amides is 1. The van der Waals surface area contributed by atoms with E-state index >= 15 is 0 Å². The van der Waals surface area contributed by atoms with Crippen molar-refractivity contribution in [2.75, 3.05) is 58.7 Å². The molecule has 132 valence electrons. The van der Waals surface area contributed by atoms with Crippen LogP contribution >= 0.6 is 0 Å². The molecular formula is C15H27N3O4S. The van der Waals surface area contributed by atoms with Gasteiger partial charge in [0.25, 0.3) is 0 Å². The Hall–Kier alpha value is -0.700. The smallest absolute Gasteiger partial charge is 0.236 e. The Bertz CT molecular complexity index is 521. The fourth-order valence-corrected chi connectivity index (χ4v) is 4.21. The van der Waals surface area contributed by atoms with Crippen LogP contribution in [0.4, 0.5) is 0 Å². The second kappa shape index (κ2) is 7.04. The molecule has 2 saturated heterocycles. The van der Waals surface area contributed by atoms with Crippen molar-refractivity contribution >= 4 is 15.9 Å². The Morgan fingerprint density at radius 1 is 1.17 bits per heavy atom. The lowest BCUT2D eigenvalue weighted by atomic mass is 10.1. The fourth-order valence-electron chi connectivity index (χ4n) is 3.38. The van der Waals surface area contributed by atoms with E-state index in [0.717, 1.165) is 26.2 Å². The van der Waals surface area contributed by atoms with Gasteiger partial charge in [-0.25, -0.2) is 8.42 Å². The number of hydrogen-bond acceptors (Lipinski definition) is 5. The summed E-state index contributed by atoms with van der Waals surface area (Å²) in [7, 11) is -3.15. The number of nitrogens with zero attached hydrogens (tertiary/aromatic N) is 3. The molecule has 0 aromatic carbocycles. The number of sulfonamides is 1. The highest BCUT2D eigenvalue weighted by atomic mass is 32.2. The first-order chi connectivity index (χ1) is 10.9. The molecule has 7 nitrogen and oxygen atoms in total. The summed E-state index contributed by atoms with van der Waals surface area (Å²) < 4.78 is 30.0. The van der Waals surface area contributed by atoms with E-state index < -0.39 is 10.0 Å². The van der Waals surface area contributed by atoms with Crippen molar-refractivity contribution in [2.45, 2.75) is 25.3 Å². The number of carbonyl (C=O) groups excluding carboxylic acids is 1. The van der Waals surface area contributed by atoms with Gasteiger partial charge in [-0.15, -0.1) is 0 Å². The molecule has 0 aromatic rings. The molecule has 0 unspecified atom stereocenters. The van der Waals surface area contributed by atoms with Gasteiger partial charge in [0.05, 0.1) is 19.4 Å². The molecule has 2 heterocycles. The quantitative estimate of drug-likeness (QED) is 0.655. The zero-order valence-electron chi connectivity index (χ0n) is 13.8. The monoisotopic (exact) mass is 345 g/mol. The largest absolute Gasteiger partial charge is 0.381 e. The molecule has 0 radical (unpaired) electrons. The van der Waals surface area contributed by atoms with Crippen molar-refractivity contribution < 1.29 is 17.9 Å². The Morgan fingerprint density at radius 3 is 2.39 bits per heavy atom. The first-order valence-corrected chi connectivity index (χ1v) is 10.3. The summed E-state index contributed by atoms with van der Waals surface area (Å²) in [6.07, 6.45) is 4.68. The SMILES string of the molecule is CS(=O)(=O)N1CCN(C(=O)CN(C[C@H]2CCOC2)C2CC2)CC1. The minimum atomic E-state index is -3.15. The summed E-state index contributed by atoms with van der Waals surface area (Å²) in [5, 5.41) is 0. The van der Waals surface area contributed by atoms with Crippen LogP contribution in [0.15, 0.2) is 0 Å². The number of ether oxygens (including phenoxy) is 1. The van der Waals surface area contributed by atoms with Gasteiger partial charge in [-0.1, -0.05) is 0 Å². The zero-order valence-corrected chi connectivity index (χ0v) is 14.6. The molecule has 3 fully saturated rings. The van der Waals surface area contributed by atoms with Gasteiger partial charge in [-0.3, -0.25) is 9.69 Å². The average molecular weight is 345 g/mol. The predicted octanol–water partition coefficient (Wildman–Crippen LogP) is -0.409. The van der Waals surface area contributed by atoms with Gasteiger partial charge >= 0.3 is 0 Å². The van der Waals surface area contributed by atoms with E-state index in [-0.39, 0.29) is 5.91 Å². The third kappa shape index (κ3) is 4.65. The lowest BCUT2D eigenvalue weighted by Crippen LogP contribution is -2.52. The Kier molecular flexibility index (Phi) is 5.25. The van der Waals surface area contributed by atoms with Crippen LogP contribution in [0.2, 0.25) is 0 Å². The lowest BCUT2D eigenvalue weighted by Gasteiger charge is -2.35. The van der Waals surface area contributed by atoms with Crippen molar-refractivity contribution in [3.05, 3.63) is 0 Å². The summed E-state index contributed by atoms with van der Waals surface area (Å²) in [5.41, 5.74) is 0. The predicted molar refractivity (Wildman–Crippen MR) is 86.5 cm³/mol. The topological polar surface area (TPSA) is 70.2 Å². The molecule has 1 aliphatic carbocycles. The highest BCUT2D eigenvalue weighted by Crippen LogP contribution is 2.29. The Balaban J connectivity index is 1.49. The van der Waals surface area contributed by atoms with Gasteiger partial charge in [-0.05, 0) is 25.2 Å². The first kappa shape index (κ1) is 17.1. The second-order valence-corrected chi connectivity index (χ2v) is 8.92. The van der Waals surface area contributed by atoms with Crippen LogP contribution in [0.5, 0.6) is 0 Å². The molecule has 3 aliphatic rings. The molecule has 3 rings (SSSR count). The third-order valence-corrected chi connectivity index (χ3v) is 6.28. The highest BCUT2D eigenvalue weighted by Gasteiger charge is 2.34. The maximum Gasteiger partial charge on any atom is 0.236 e. The Labute approximate surface area is 138 Å². The maximum absolute atomic E-state index is 12.6. The van der Waals surface area contributed by atoms with Gasteiger partial charge in [0.15, 0.2) is 0 Å². The van der Waals surface area contributed by atoms with Crippen LogP contribution in [0.1, 0.15) is 19.3 Å². The molecule has 1 saturated carbocycles. The van der Waals surface area contributed by atoms with Crippen LogP contribution in [-0.4, -0.2) is 93.2 Å². The molecular weight excluding hydrogens is 318 g/mol. The Morgan fingerprint density at radius 2 is 1.87 bits per heavy atom. The second-order valence-electron chi connectivity index (χ2n) is 6.93. The number of piperazine rings is 1. The normalized spacial score (nSPS) is 26.9. The van der Waals surface area contributed by atoms with Crippen LogP contribution in [0, 0.1) is 5.92 Å². The number of rotatable bonds is 6. The van der Waals surface area contributed by atoms with Crippen LogP contribution in [0.25, 0.3) is 0 Å². The van der Waals surface area contributed by atoms with E-state index in [1.54, 1.807) is 0 Å². The third-order valence-electron chi connectivity index (χ3n) is 4.98. The zero-order chi connectivity index (χ0) is 16.4. The number of hydrogen-bond donors (Lipinski definition) is 0. The van der Waals surface area contributed by atoms with E-state index in [9.17, 15) is 13.2 Å². The minimum Gasteiger partial charge on any atom is -0.381 e.